The molecule has 0 atom stereocenters. The van der Waals surface area contributed by atoms with Gasteiger partial charge in [-0.2, -0.15) is 0 Å². The van der Waals surface area contributed by atoms with Crippen molar-refractivity contribution in [1.82, 2.24) is 14.8 Å². The Morgan fingerprint density at radius 1 is 0.964 bits per heavy atom. The Hall–Kier alpha value is -3.34. The Balaban J connectivity index is 1.71. The summed E-state index contributed by atoms with van der Waals surface area (Å²) in [6.45, 7) is 4.36. The van der Waals surface area contributed by atoms with E-state index in [4.69, 9.17) is 0 Å². The van der Waals surface area contributed by atoms with Crippen molar-refractivity contribution < 1.29 is 9.59 Å². The molecule has 0 bridgehead atoms. The van der Waals surface area contributed by atoms with Crippen LogP contribution in [0.4, 0.5) is 0 Å². The quantitative estimate of drug-likeness (QED) is 0.739. The number of hydrogen-bond acceptors (Lipinski definition) is 2. The summed E-state index contributed by atoms with van der Waals surface area (Å²) in [5.74, 6) is -0.146. The van der Waals surface area contributed by atoms with Crippen LogP contribution in [0.15, 0.2) is 60.7 Å². The molecule has 2 aromatic carbocycles. The predicted octanol–water partition coefficient (Wildman–Crippen LogP) is 3.73. The second kappa shape index (κ2) is 8.13. The van der Waals surface area contributed by atoms with Gasteiger partial charge in [-0.05, 0) is 49.7 Å². The molecule has 2 amide bonds. The fraction of sp³-hybridized carbons (Fsp3) is 0.217. The smallest absolute Gasteiger partial charge is 0.253 e. The average Bonchev–Trinajstić information content (AvgIpc) is 3.00. The van der Waals surface area contributed by atoms with Crippen molar-refractivity contribution in [2.75, 3.05) is 14.1 Å². The van der Waals surface area contributed by atoms with E-state index in [1.165, 1.54) is 0 Å². The van der Waals surface area contributed by atoms with E-state index in [1.807, 2.05) is 62.4 Å². The summed E-state index contributed by atoms with van der Waals surface area (Å²) in [6.07, 6.45) is 0. The largest absolute Gasteiger partial charge is 0.348 e. The van der Waals surface area contributed by atoms with Crippen molar-refractivity contribution in [3.63, 3.8) is 0 Å². The van der Waals surface area contributed by atoms with E-state index in [9.17, 15) is 9.59 Å². The van der Waals surface area contributed by atoms with E-state index in [0.717, 1.165) is 22.6 Å². The first-order valence-corrected chi connectivity index (χ1v) is 9.21. The molecule has 0 saturated carbocycles. The van der Waals surface area contributed by atoms with Crippen LogP contribution in [0.5, 0.6) is 0 Å². The molecule has 0 aliphatic carbocycles. The number of rotatable bonds is 5. The molecule has 3 aromatic rings. The van der Waals surface area contributed by atoms with Crippen LogP contribution in [0.2, 0.25) is 0 Å². The maximum atomic E-state index is 12.7. The molecule has 1 N–H and O–H groups in total. The molecule has 144 valence electrons. The Bertz CT molecular complexity index is 987. The van der Waals surface area contributed by atoms with Crippen LogP contribution in [-0.4, -0.2) is 35.4 Å². The number of nitrogens with one attached hydrogen (secondary N) is 1. The van der Waals surface area contributed by atoms with E-state index in [1.54, 1.807) is 31.1 Å². The van der Waals surface area contributed by atoms with Crippen LogP contribution in [-0.2, 0) is 6.54 Å². The van der Waals surface area contributed by atoms with Crippen molar-refractivity contribution in [3.05, 3.63) is 88.7 Å². The molecule has 0 aliphatic rings. The molecule has 0 spiro atoms. The summed E-state index contributed by atoms with van der Waals surface area (Å²) in [5, 5.41) is 2.97. The Kier molecular flexibility index (Phi) is 5.64. The summed E-state index contributed by atoms with van der Waals surface area (Å²) in [6, 6.07) is 19.2. The minimum atomic E-state index is -0.108. The Labute approximate surface area is 165 Å². The molecule has 0 unspecified atom stereocenters. The van der Waals surface area contributed by atoms with Gasteiger partial charge in [-0.15, -0.1) is 0 Å². The average molecular weight is 375 g/mol. The summed E-state index contributed by atoms with van der Waals surface area (Å²) in [7, 11) is 3.45. The molecule has 28 heavy (non-hydrogen) atoms. The lowest BCUT2D eigenvalue weighted by Crippen LogP contribution is -2.24. The topological polar surface area (TPSA) is 54.3 Å². The fourth-order valence-electron chi connectivity index (χ4n) is 3.27. The van der Waals surface area contributed by atoms with Crippen LogP contribution in [0.3, 0.4) is 0 Å². The number of aromatic nitrogens is 1. The SMILES string of the molecule is Cc1cc(C(=O)NCc2ccc(C(=O)N(C)C)cc2)c(C)n1-c1ccccc1. The molecule has 0 saturated heterocycles. The summed E-state index contributed by atoms with van der Waals surface area (Å²) in [5.41, 5.74) is 5.21. The van der Waals surface area contributed by atoms with E-state index in [0.29, 0.717) is 17.7 Å². The van der Waals surface area contributed by atoms with Gasteiger partial charge in [-0.25, -0.2) is 0 Å². The Morgan fingerprint density at radius 3 is 2.21 bits per heavy atom. The predicted molar refractivity (Wildman–Crippen MR) is 111 cm³/mol. The monoisotopic (exact) mass is 375 g/mol. The molecule has 5 nitrogen and oxygen atoms in total. The first kappa shape index (κ1) is 19.4. The summed E-state index contributed by atoms with van der Waals surface area (Å²) in [4.78, 5) is 26.2. The molecule has 1 heterocycles. The molecular weight excluding hydrogens is 350 g/mol. The zero-order valence-corrected chi connectivity index (χ0v) is 16.7. The first-order valence-electron chi connectivity index (χ1n) is 9.21. The van der Waals surface area contributed by atoms with Crippen LogP contribution in [0, 0.1) is 13.8 Å². The molecule has 3 rings (SSSR count). The maximum absolute atomic E-state index is 12.7. The highest BCUT2D eigenvalue weighted by molar-refractivity contribution is 5.96. The van der Waals surface area contributed by atoms with Crippen molar-refractivity contribution >= 4 is 11.8 Å². The summed E-state index contributed by atoms with van der Waals surface area (Å²) < 4.78 is 2.08. The normalized spacial score (nSPS) is 10.6. The highest BCUT2D eigenvalue weighted by Crippen LogP contribution is 2.20. The Morgan fingerprint density at radius 2 is 1.61 bits per heavy atom. The third-order valence-corrected chi connectivity index (χ3v) is 4.75. The van der Waals surface area contributed by atoms with E-state index in [-0.39, 0.29) is 11.8 Å². The highest BCUT2D eigenvalue weighted by Gasteiger charge is 2.16. The number of amides is 2. The lowest BCUT2D eigenvalue weighted by Gasteiger charge is -2.11. The number of aryl methyl sites for hydroxylation is 1. The minimum absolute atomic E-state index is 0.0380. The third kappa shape index (κ3) is 3.98. The number of carbonyl (C=O) groups excluding carboxylic acids is 2. The molecule has 0 radical (unpaired) electrons. The van der Waals surface area contributed by atoms with Gasteiger partial charge in [0.05, 0.1) is 5.56 Å². The number of nitrogens with zero attached hydrogens (tertiary/aromatic N) is 2. The van der Waals surface area contributed by atoms with Crippen molar-refractivity contribution in [2.45, 2.75) is 20.4 Å². The first-order chi connectivity index (χ1) is 13.4. The fourth-order valence-corrected chi connectivity index (χ4v) is 3.27. The maximum Gasteiger partial charge on any atom is 0.253 e. The van der Waals surface area contributed by atoms with E-state index < -0.39 is 0 Å². The van der Waals surface area contributed by atoms with Gasteiger partial charge in [0.15, 0.2) is 0 Å². The van der Waals surface area contributed by atoms with Gasteiger partial charge in [-0.3, -0.25) is 9.59 Å². The second-order valence-electron chi connectivity index (χ2n) is 7.03. The van der Waals surface area contributed by atoms with Crippen LogP contribution in [0.1, 0.15) is 37.7 Å². The van der Waals surface area contributed by atoms with Gasteiger partial charge in [0, 0.05) is 43.3 Å². The van der Waals surface area contributed by atoms with Crippen molar-refractivity contribution in [1.29, 1.82) is 0 Å². The van der Waals surface area contributed by atoms with Gasteiger partial charge < -0.3 is 14.8 Å². The number of hydrogen-bond donors (Lipinski definition) is 1. The number of benzene rings is 2. The number of para-hydroxylation sites is 1. The minimum Gasteiger partial charge on any atom is -0.348 e. The highest BCUT2D eigenvalue weighted by atomic mass is 16.2. The zero-order chi connectivity index (χ0) is 20.3. The van der Waals surface area contributed by atoms with Gasteiger partial charge in [0.2, 0.25) is 0 Å². The molecule has 0 fully saturated rings. The number of carbonyl (C=O) groups is 2. The summed E-state index contributed by atoms with van der Waals surface area (Å²) >= 11 is 0. The van der Waals surface area contributed by atoms with Crippen LogP contribution in [0.25, 0.3) is 5.69 Å². The van der Waals surface area contributed by atoms with E-state index in [2.05, 4.69) is 9.88 Å². The van der Waals surface area contributed by atoms with Gasteiger partial charge in [0.25, 0.3) is 11.8 Å². The van der Waals surface area contributed by atoms with Crippen LogP contribution >= 0.6 is 0 Å². The third-order valence-electron chi connectivity index (χ3n) is 4.75. The second-order valence-corrected chi connectivity index (χ2v) is 7.03. The van der Waals surface area contributed by atoms with Crippen molar-refractivity contribution in [2.24, 2.45) is 0 Å². The van der Waals surface area contributed by atoms with E-state index >= 15 is 0 Å². The standard InChI is InChI=1S/C23H25N3O2/c1-16-14-21(17(2)26(16)20-8-6-5-7-9-20)22(27)24-15-18-10-12-19(13-11-18)23(28)25(3)4/h5-14H,15H2,1-4H3,(H,24,27). The van der Waals surface area contributed by atoms with Crippen molar-refractivity contribution in [3.8, 4) is 5.69 Å². The van der Waals surface area contributed by atoms with Gasteiger partial charge in [-0.1, -0.05) is 30.3 Å². The molecule has 0 aliphatic heterocycles. The lowest BCUT2D eigenvalue weighted by atomic mass is 10.1. The van der Waals surface area contributed by atoms with Gasteiger partial charge >= 0.3 is 0 Å². The zero-order valence-electron chi connectivity index (χ0n) is 16.7. The molecule has 5 heteroatoms. The van der Waals surface area contributed by atoms with Crippen LogP contribution < -0.4 is 5.32 Å². The molecular formula is C23H25N3O2. The van der Waals surface area contributed by atoms with Gasteiger partial charge in [0.1, 0.15) is 0 Å². The molecule has 1 aromatic heterocycles. The lowest BCUT2D eigenvalue weighted by molar-refractivity contribution is 0.0827.